The molecule has 384 valence electrons. The van der Waals surface area contributed by atoms with Crippen LogP contribution < -0.4 is 0 Å². The number of rotatable bonds is 11. The highest BCUT2D eigenvalue weighted by atomic mass is 14.2. The van der Waals surface area contributed by atoms with Gasteiger partial charge in [-0.2, -0.15) is 0 Å². The molecule has 0 radical (unpaired) electrons. The van der Waals surface area contributed by atoms with Gasteiger partial charge in [0.05, 0.1) is 0 Å². The summed E-state index contributed by atoms with van der Waals surface area (Å²) in [7, 11) is 0. The van der Waals surface area contributed by atoms with Crippen LogP contribution in [-0.2, 0) is 12.8 Å². The van der Waals surface area contributed by atoms with Gasteiger partial charge < -0.3 is 0 Å². The van der Waals surface area contributed by atoms with Gasteiger partial charge >= 0.3 is 0 Å². The van der Waals surface area contributed by atoms with E-state index >= 15 is 0 Å². The first-order valence-electron chi connectivity index (χ1n) is 28.1. The molecule has 0 saturated heterocycles. The third-order valence-electron chi connectivity index (χ3n) is 14.5. The topological polar surface area (TPSA) is 0 Å². The highest BCUT2D eigenvalue weighted by Gasteiger charge is 2.15. The Kier molecular flexibility index (Phi) is 23.0. The second-order valence-electron chi connectivity index (χ2n) is 22.2. The SMILES string of the molecule is CC(C)Cc1cccc2ccccc12.CC(C)c1ccc(-c2ccccc2)cc1.CC(C)c1ccc(C2=CC=CC2)cc1.CC(C)c1ccc(C2CCCCC2)cc1.CC(C)c1ccc(Cc2ccccc2)cc1. The molecular formula is C74H88. The van der Waals surface area contributed by atoms with Crippen molar-refractivity contribution in [2.24, 2.45) is 5.92 Å². The maximum atomic E-state index is 2.35. The van der Waals surface area contributed by atoms with E-state index in [9.17, 15) is 0 Å². The Labute approximate surface area is 449 Å². The molecule has 74 heavy (non-hydrogen) atoms. The van der Waals surface area contributed by atoms with Crippen LogP contribution in [-0.4, -0.2) is 0 Å². The van der Waals surface area contributed by atoms with E-state index in [0.29, 0.717) is 23.7 Å². The van der Waals surface area contributed by atoms with Gasteiger partial charge in [0.15, 0.2) is 0 Å². The fourth-order valence-corrected chi connectivity index (χ4v) is 9.79. The number of hydrogen-bond donors (Lipinski definition) is 0. The lowest BCUT2D eigenvalue weighted by Crippen LogP contribution is -2.04. The van der Waals surface area contributed by atoms with Gasteiger partial charge in [0, 0.05) is 0 Å². The highest BCUT2D eigenvalue weighted by molar-refractivity contribution is 5.85. The summed E-state index contributed by atoms with van der Waals surface area (Å²) in [5.41, 5.74) is 16.9. The van der Waals surface area contributed by atoms with Crippen molar-refractivity contribution < 1.29 is 0 Å². The van der Waals surface area contributed by atoms with Crippen LogP contribution in [0.2, 0.25) is 0 Å². The minimum atomic E-state index is 0.606. The first kappa shape index (κ1) is 56.8. The van der Waals surface area contributed by atoms with E-state index in [1.807, 2.05) is 6.07 Å². The normalized spacial score (nSPS) is 13.1. The maximum absolute atomic E-state index is 2.35. The van der Waals surface area contributed by atoms with Gasteiger partial charge in [-0.15, -0.1) is 0 Å². The molecule has 0 aromatic heterocycles. The first-order valence-corrected chi connectivity index (χ1v) is 28.1. The fraction of sp³-hybridized carbons (Fsp3) is 0.324. The largest absolute Gasteiger partial charge is 0.0801 e. The van der Waals surface area contributed by atoms with Crippen molar-refractivity contribution in [2.45, 2.75) is 150 Å². The predicted molar refractivity (Wildman–Crippen MR) is 327 cm³/mol. The van der Waals surface area contributed by atoms with E-state index in [0.717, 1.165) is 24.7 Å². The molecule has 0 unspecified atom stereocenters. The molecule has 0 N–H and O–H groups in total. The van der Waals surface area contributed by atoms with Crippen LogP contribution >= 0.6 is 0 Å². The zero-order valence-electron chi connectivity index (χ0n) is 46.9. The van der Waals surface area contributed by atoms with Crippen LogP contribution in [0, 0.1) is 5.92 Å². The molecule has 1 saturated carbocycles. The van der Waals surface area contributed by atoms with Crippen LogP contribution in [0.25, 0.3) is 27.5 Å². The summed E-state index contributed by atoms with van der Waals surface area (Å²) in [6, 6.07) is 72.3. The fourth-order valence-electron chi connectivity index (χ4n) is 9.79. The van der Waals surface area contributed by atoms with Crippen molar-refractivity contribution in [3.63, 3.8) is 0 Å². The van der Waals surface area contributed by atoms with Crippen LogP contribution in [0.5, 0.6) is 0 Å². The second-order valence-corrected chi connectivity index (χ2v) is 22.2. The number of benzene rings is 8. The van der Waals surface area contributed by atoms with Crippen molar-refractivity contribution in [1.82, 2.24) is 0 Å². The average Bonchev–Trinajstić information content (AvgIpc) is 3.98. The van der Waals surface area contributed by atoms with Crippen LogP contribution in [0.4, 0.5) is 0 Å². The Balaban J connectivity index is 0.000000151. The molecule has 8 aromatic rings. The lowest BCUT2D eigenvalue weighted by molar-refractivity contribution is 0.443. The quantitative estimate of drug-likeness (QED) is 0.121. The smallest absolute Gasteiger partial charge is 0.00258 e. The Morgan fingerprint density at radius 1 is 0.392 bits per heavy atom. The lowest BCUT2D eigenvalue weighted by atomic mass is 9.83. The summed E-state index contributed by atoms with van der Waals surface area (Å²) in [5, 5.41) is 2.76. The van der Waals surface area contributed by atoms with E-state index in [1.165, 1.54) is 111 Å². The third-order valence-corrected chi connectivity index (χ3v) is 14.5. The zero-order chi connectivity index (χ0) is 52.7. The van der Waals surface area contributed by atoms with Gasteiger partial charge in [-0.05, 0) is 145 Å². The number of allylic oxidation sites excluding steroid dienone is 4. The minimum absolute atomic E-state index is 0.606. The Bertz CT molecular complexity index is 2840. The molecule has 0 amide bonds. The van der Waals surface area contributed by atoms with E-state index in [2.05, 4.69) is 282 Å². The van der Waals surface area contributed by atoms with E-state index in [1.54, 1.807) is 5.56 Å². The summed E-state index contributed by atoms with van der Waals surface area (Å²) in [6.07, 6.45) is 16.9. The first-order chi connectivity index (χ1) is 35.8. The summed E-state index contributed by atoms with van der Waals surface area (Å²) < 4.78 is 0. The van der Waals surface area contributed by atoms with Gasteiger partial charge in [0.2, 0.25) is 0 Å². The molecule has 0 heterocycles. The van der Waals surface area contributed by atoms with Crippen molar-refractivity contribution in [1.29, 1.82) is 0 Å². The predicted octanol–water partition coefficient (Wildman–Crippen LogP) is 21.9. The van der Waals surface area contributed by atoms with Gasteiger partial charge in [-0.25, -0.2) is 0 Å². The summed E-state index contributed by atoms with van der Waals surface area (Å²) in [5.74, 6) is 4.08. The Morgan fingerprint density at radius 3 is 1.35 bits per heavy atom. The Hall–Kier alpha value is -6.50. The number of fused-ring (bicyclic) bond motifs is 1. The molecule has 0 atom stereocenters. The van der Waals surface area contributed by atoms with Crippen LogP contribution in [0.1, 0.15) is 187 Å². The molecule has 0 spiro atoms. The highest BCUT2D eigenvalue weighted by Crippen LogP contribution is 2.33. The van der Waals surface area contributed by atoms with E-state index < -0.39 is 0 Å². The maximum Gasteiger partial charge on any atom is -0.00258 e. The second kappa shape index (κ2) is 30.0. The van der Waals surface area contributed by atoms with Crippen molar-refractivity contribution in [2.75, 3.05) is 0 Å². The van der Waals surface area contributed by atoms with Gasteiger partial charge in [0.25, 0.3) is 0 Å². The summed E-state index contributed by atoms with van der Waals surface area (Å²) in [4.78, 5) is 0. The molecule has 2 aliphatic carbocycles. The molecule has 0 aliphatic heterocycles. The van der Waals surface area contributed by atoms with Gasteiger partial charge in [-0.1, -0.05) is 307 Å². The monoisotopic (exact) mass is 977 g/mol. The lowest BCUT2D eigenvalue weighted by Gasteiger charge is -2.22. The average molecular weight is 978 g/mol. The molecule has 0 heteroatoms. The van der Waals surface area contributed by atoms with Crippen LogP contribution in [0.15, 0.2) is 218 Å². The summed E-state index contributed by atoms with van der Waals surface area (Å²) >= 11 is 0. The van der Waals surface area contributed by atoms with Crippen LogP contribution in [0.3, 0.4) is 0 Å². The van der Waals surface area contributed by atoms with Crippen molar-refractivity contribution >= 4 is 16.3 Å². The molecular weight excluding hydrogens is 889 g/mol. The van der Waals surface area contributed by atoms with Gasteiger partial charge in [0.1, 0.15) is 0 Å². The van der Waals surface area contributed by atoms with Crippen molar-refractivity contribution in [3.05, 3.63) is 268 Å². The van der Waals surface area contributed by atoms with E-state index in [-0.39, 0.29) is 0 Å². The summed E-state index contributed by atoms with van der Waals surface area (Å²) in [6.45, 7) is 22.4. The van der Waals surface area contributed by atoms with Gasteiger partial charge in [-0.3, -0.25) is 0 Å². The zero-order valence-corrected chi connectivity index (χ0v) is 46.9. The van der Waals surface area contributed by atoms with E-state index in [4.69, 9.17) is 0 Å². The molecule has 0 bridgehead atoms. The Morgan fingerprint density at radius 2 is 0.838 bits per heavy atom. The molecule has 0 nitrogen and oxygen atoms in total. The molecule has 8 aromatic carbocycles. The number of hydrogen-bond acceptors (Lipinski definition) is 0. The standard InChI is InChI=1S/C16H18.C15H22.C15H16.2C14H16/c1-13(2)16-10-8-15(9-11-16)12-14-6-4-3-5-7-14;2*1-12(2)13-8-10-15(11-9-13)14-6-4-3-5-7-14;1-11(2)10-13-8-5-7-12-6-3-4-9-14(12)13;1-11(2)12-7-9-14(10-8-12)13-5-3-4-6-13/h3-11,13H,12H2,1-2H3;8-12,14H,3-7H2,1-2H3;3-12H,1-2H3;3-9,11H,10H2,1-2H3;3-5,7-11H,6H2,1-2H3. The van der Waals surface area contributed by atoms with Crippen molar-refractivity contribution in [3.8, 4) is 11.1 Å². The molecule has 10 rings (SSSR count). The minimum Gasteiger partial charge on any atom is -0.0801 e. The molecule has 2 aliphatic rings. The molecule has 1 fully saturated rings. The third kappa shape index (κ3) is 18.5.